The fourth-order valence-corrected chi connectivity index (χ4v) is 2.85. The molecule has 6 nitrogen and oxygen atoms in total. The van der Waals surface area contributed by atoms with Gasteiger partial charge in [0.25, 0.3) is 0 Å². The second-order valence-corrected chi connectivity index (χ2v) is 6.00. The molecule has 0 aromatic carbocycles. The third-order valence-electron chi connectivity index (χ3n) is 4.28. The molecule has 1 aromatic rings. The van der Waals surface area contributed by atoms with Crippen LogP contribution in [0, 0.1) is 11.8 Å². The molecule has 0 spiro atoms. The van der Waals surface area contributed by atoms with Crippen molar-refractivity contribution in [3.63, 3.8) is 0 Å². The number of allylic oxidation sites excluding steroid dienone is 2. The van der Waals surface area contributed by atoms with Crippen LogP contribution in [0.5, 0.6) is 0 Å². The number of ether oxygens (including phenoxy) is 2. The second kappa shape index (κ2) is 12.0. The Morgan fingerprint density at radius 2 is 2.04 bits per heavy atom. The summed E-state index contributed by atoms with van der Waals surface area (Å²) in [6.07, 6.45) is 10.8. The Bertz CT molecular complexity index is 612. The molecule has 0 amide bonds. The van der Waals surface area contributed by atoms with Crippen LogP contribution in [0.3, 0.4) is 0 Å². The van der Waals surface area contributed by atoms with Crippen molar-refractivity contribution < 1.29 is 23.9 Å². The molecule has 142 valence electrons. The first-order valence-corrected chi connectivity index (χ1v) is 8.76. The maximum atomic E-state index is 11.7. The summed E-state index contributed by atoms with van der Waals surface area (Å²) in [7, 11) is 2.74. The normalized spacial score (nSPS) is 19.0. The Morgan fingerprint density at radius 1 is 1.27 bits per heavy atom. The van der Waals surface area contributed by atoms with Crippen molar-refractivity contribution >= 4 is 17.7 Å². The number of carbonyl (C=O) groups excluding carboxylic acids is 3. The molecular formula is C20H27NO5. The van der Waals surface area contributed by atoms with Gasteiger partial charge in [0, 0.05) is 31.2 Å². The summed E-state index contributed by atoms with van der Waals surface area (Å²) in [5.41, 5.74) is 0.477. The predicted molar refractivity (Wildman–Crippen MR) is 97.5 cm³/mol. The number of methoxy groups -OCH3 is 2. The number of esters is 2. The van der Waals surface area contributed by atoms with Gasteiger partial charge < -0.3 is 9.47 Å². The monoisotopic (exact) mass is 361 g/mol. The Balaban J connectivity index is 0.000000289. The van der Waals surface area contributed by atoms with Gasteiger partial charge in [-0.1, -0.05) is 19.1 Å². The third-order valence-corrected chi connectivity index (χ3v) is 4.28. The zero-order valence-corrected chi connectivity index (χ0v) is 15.6. The molecule has 1 aromatic heterocycles. The van der Waals surface area contributed by atoms with Crippen molar-refractivity contribution in [2.75, 3.05) is 14.2 Å². The van der Waals surface area contributed by atoms with Gasteiger partial charge in [0.1, 0.15) is 5.78 Å². The van der Waals surface area contributed by atoms with Crippen molar-refractivity contribution in [1.29, 1.82) is 0 Å². The minimum atomic E-state index is -0.354. The summed E-state index contributed by atoms with van der Waals surface area (Å²) in [6.45, 7) is 2.07. The average Bonchev–Trinajstić information content (AvgIpc) is 3.02. The van der Waals surface area contributed by atoms with Crippen molar-refractivity contribution in [2.24, 2.45) is 11.8 Å². The fourth-order valence-electron chi connectivity index (χ4n) is 2.85. The number of ketones is 1. The number of hydrogen-bond donors (Lipinski definition) is 0. The molecule has 0 radical (unpaired) electrons. The van der Waals surface area contributed by atoms with E-state index in [-0.39, 0.29) is 23.8 Å². The van der Waals surface area contributed by atoms with E-state index in [1.54, 1.807) is 18.3 Å². The summed E-state index contributed by atoms with van der Waals surface area (Å²) in [5, 5.41) is 0. The van der Waals surface area contributed by atoms with E-state index in [1.807, 2.05) is 0 Å². The quantitative estimate of drug-likeness (QED) is 0.571. The van der Waals surface area contributed by atoms with E-state index >= 15 is 0 Å². The molecule has 0 N–H and O–H groups in total. The molecule has 1 aliphatic rings. The van der Waals surface area contributed by atoms with E-state index in [0.29, 0.717) is 24.2 Å². The molecule has 2 atom stereocenters. The first kappa shape index (κ1) is 21.5. The molecule has 1 saturated carbocycles. The number of rotatable bonds is 6. The number of Topliss-reactive ketones (excluding diaryl/α,β-unsaturated/α-hetero) is 1. The molecule has 0 bridgehead atoms. The van der Waals surface area contributed by atoms with Crippen molar-refractivity contribution in [2.45, 2.75) is 39.0 Å². The summed E-state index contributed by atoms with van der Waals surface area (Å²) < 4.78 is 9.11. The highest BCUT2D eigenvalue weighted by Gasteiger charge is 2.34. The van der Waals surface area contributed by atoms with Crippen LogP contribution in [-0.4, -0.2) is 36.9 Å². The summed E-state index contributed by atoms with van der Waals surface area (Å²) >= 11 is 0. The Morgan fingerprint density at radius 3 is 2.62 bits per heavy atom. The van der Waals surface area contributed by atoms with E-state index in [9.17, 15) is 14.4 Å². The van der Waals surface area contributed by atoms with Crippen LogP contribution in [0.4, 0.5) is 0 Å². The lowest BCUT2D eigenvalue weighted by molar-refractivity contribution is -0.142. The first-order valence-electron chi connectivity index (χ1n) is 8.76. The van der Waals surface area contributed by atoms with Gasteiger partial charge in [0.05, 0.1) is 19.8 Å². The molecule has 2 rings (SSSR count). The van der Waals surface area contributed by atoms with E-state index in [2.05, 4.69) is 33.5 Å². The number of aromatic nitrogens is 1. The lowest BCUT2D eigenvalue weighted by Gasteiger charge is -2.15. The summed E-state index contributed by atoms with van der Waals surface area (Å²) in [6, 6.07) is 3.34. The smallest absolute Gasteiger partial charge is 0.339 e. The van der Waals surface area contributed by atoms with Crippen molar-refractivity contribution in [3.05, 3.63) is 42.2 Å². The highest BCUT2D eigenvalue weighted by Crippen LogP contribution is 2.34. The standard InChI is InChI=1S/C13H20O3.C7H7NO2/c1-3-4-5-6-11-10(7-8-12(11)14)9-13(15)16-2;1-10-7(9)6-3-2-4-8-5-6/h4-5,10-11H,3,6-9H2,1-2H3;2-5H,1H3/b5-4-;/t10-,11-;/m1./s1. The Kier molecular flexibility index (Phi) is 9.90. The molecule has 1 aliphatic carbocycles. The van der Waals surface area contributed by atoms with Crippen LogP contribution in [0.1, 0.15) is 49.4 Å². The van der Waals surface area contributed by atoms with Crippen molar-refractivity contribution in [3.8, 4) is 0 Å². The van der Waals surface area contributed by atoms with Gasteiger partial charge in [-0.15, -0.1) is 0 Å². The van der Waals surface area contributed by atoms with Crippen LogP contribution in [0.15, 0.2) is 36.7 Å². The maximum Gasteiger partial charge on any atom is 0.339 e. The molecular weight excluding hydrogens is 334 g/mol. The van der Waals surface area contributed by atoms with Crippen LogP contribution in [-0.2, 0) is 19.1 Å². The van der Waals surface area contributed by atoms with Gasteiger partial charge in [0.15, 0.2) is 0 Å². The van der Waals surface area contributed by atoms with Gasteiger partial charge in [-0.05, 0) is 37.3 Å². The minimum absolute atomic E-state index is 0.0295. The number of nitrogens with zero attached hydrogens (tertiary/aromatic N) is 1. The Labute approximate surface area is 154 Å². The lowest BCUT2D eigenvalue weighted by atomic mass is 9.89. The summed E-state index contributed by atoms with van der Waals surface area (Å²) in [4.78, 5) is 37.4. The third kappa shape index (κ3) is 7.17. The van der Waals surface area contributed by atoms with Gasteiger partial charge in [-0.3, -0.25) is 14.6 Å². The molecule has 0 aliphatic heterocycles. The van der Waals surface area contributed by atoms with Gasteiger partial charge in [0.2, 0.25) is 0 Å². The fraction of sp³-hybridized carbons (Fsp3) is 0.500. The number of hydrogen-bond acceptors (Lipinski definition) is 6. The maximum absolute atomic E-state index is 11.7. The van der Waals surface area contributed by atoms with Crippen LogP contribution in [0.2, 0.25) is 0 Å². The highest BCUT2D eigenvalue weighted by molar-refractivity contribution is 5.88. The van der Waals surface area contributed by atoms with Crippen LogP contribution in [0.25, 0.3) is 0 Å². The molecule has 1 fully saturated rings. The molecule has 26 heavy (non-hydrogen) atoms. The Hall–Kier alpha value is -2.50. The van der Waals surface area contributed by atoms with Gasteiger partial charge >= 0.3 is 11.9 Å². The highest BCUT2D eigenvalue weighted by atomic mass is 16.5. The number of pyridine rings is 1. The molecule has 1 heterocycles. The summed E-state index contributed by atoms with van der Waals surface area (Å²) in [5.74, 6) is -0.0460. The SMILES string of the molecule is CC/C=C\C[C@H]1C(=O)CC[C@@H]1CC(=O)OC.COC(=O)c1cccnc1. The van der Waals surface area contributed by atoms with E-state index in [1.165, 1.54) is 20.4 Å². The molecule has 0 saturated heterocycles. The minimum Gasteiger partial charge on any atom is -0.469 e. The van der Waals surface area contributed by atoms with E-state index in [0.717, 1.165) is 19.3 Å². The largest absolute Gasteiger partial charge is 0.469 e. The zero-order chi connectivity index (χ0) is 19.4. The predicted octanol–water partition coefficient (Wildman–Crippen LogP) is 3.37. The van der Waals surface area contributed by atoms with Crippen LogP contribution >= 0.6 is 0 Å². The number of carbonyl (C=O) groups is 3. The van der Waals surface area contributed by atoms with Crippen LogP contribution < -0.4 is 0 Å². The van der Waals surface area contributed by atoms with E-state index in [4.69, 9.17) is 0 Å². The van der Waals surface area contributed by atoms with E-state index < -0.39 is 0 Å². The zero-order valence-electron chi connectivity index (χ0n) is 15.6. The molecule has 0 unspecified atom stereocenters. The first-order chi connectivity index (χ1) is 12.5. The average molecular weight is 361 g/mol. The van der Waals surface area contributed by atoms with Crippen molar-refractivity contribution in [1.82, 2.24) is 4.98 Å². The second-order valence-electron chi connectivity index (χ2n) is 6.00. The van der Waals surface area contributed by atoms with Gasteiger partial charge in [-0.2, -0.15) is 0 Å². The topological polar surface area (TPSA) is 82.6 Å². The molecule has 6 heteroatoms. The lowest BCUT2D eigenvalue weighted by Crippen LogP contribution is -2.18. The van der Waals surface area contributed by atoms with Gasteiger partial charge in [-0.25, -0.2) is 4.79 Å².